The zero-order valence-electron chi connectivity index (χ0n) is 8.43. The molecule has 0 bridgehead atoms. The molecule has 0 aromatic carbocycles. The lowest BCUT2D eigenvalue weighted by molar-refractivity contribution is -0.147. The topological polar surface area (TPSA) is 110 Å². The van der Waals surface area contributed by atoms with Crippen molar-refractivity contribution in [3.63, 3.8) is 0 Å². The van der Waals surface area contributed by atoms with Crippen LogP contribution in [0, 0.1) is 0 Å². The van der Waals surface area contributed by atoms with Crippen molar-refractivity contribution in [3.8, 4) is 0 Å². The number of rotatable bonds is 7. The van der Waals surface area contributed by atoms with Gasteiger partial charge >= 0.3 is 5.97 Å². The molecule has 0 rings (SSSR count). The minimum absolute atomic E-state index is 0.253. The first-order valence-electron chi connectivity index (χ1n) is 4.33. The molecule has 0 saturated carbocycles. The second-order valence-electron chi connectivity index (χ2n) is 2.75. The first-order chi connectivity index (χ1) is 6.97. The van der Waals surface area contributed by atoms with E-state index in [4.69, 9.17) is 15.6 Å². The number of ether oxygens (including phenoxy) is 1. The van der Waals surface area contributed by atoms with Crippen molar-refractivity contribution in [2.24, 2.45) is 5.73 Å². The number of nitrogens with two attached hydrogens (primary N) is 1. The van der Waals surface area contributed by atoms with Gasteiger partial charge in [0.25, 0.3) is 0 Å². The monoisotopic (exact) mass is 218 g/mol. The number of hydrogen-bond acceptors (Lipinski definition) is 4. The van der Waals surface area contributed by atoms with Crippen molar-refractivity contribution in [1.29, 1.82) is 0 Å². The van der Waals surface area contributed by atoms with E-state index in [1.54, 1.807) is 6.92 Å². The van der Waals surface area contributed by atoms with Crippen molar-refractivity contribution in [1.82, 2.24) is 4.90 Å². The van der Waals surface area contributed by atoms with E-state index in [0.29, 0.717) is 6.61 Å². The summed E-state index contributed by atoms with van der Waals surface area (Å²) in [6, 6.07) is 0. The van der Waals surface area contributed by atoms with Crippen molar-refractivity contribution < 1.29 is 24.2 Å². The van der Waals surface area contributed by atoms with Gasteiger partial charge in [0, 0.05) is 6.61 Å². The summed E-state index contributed by atoms with van der Waals surface area (Å²) in [5.41, 5.74) is 4.87. The average molecular weight is 218 g/mol. The number of nitrogens with zero attached hydrogens (tertiary/aromatic N) is 1. The minimum Gasteiger partial charge on any atom is -0.480 e. The lowest BCUT2D eigenvalue weighted by Crippen LogP contribution is -2.43. The molecule has 3 N–H and O–H groups in total. The first kappa shape index (κ1) is 13.4. The van der Waals surface area contributed by atoms with E-state index in [1.807, 2.05) is 0 Å². The van der Waals surface area contributed by atoms with Crippen LogP contribution in [0.3, 0.4) is 0 Å². The predicted molar refractivity (Wildman–Crippen MR) is 49.9 cm³/mol. The number of carboxylic acids is 1. The fourth-order valence-electron chi connectivity index (χ4n) is 0.864. The second kappa shape index (κ2) is 6.77. The van der Waals surface area contributed by atoms with Gasteiger partial charge < -0.3 is 20.5 Å². The van der Waals surface area contributed by atoms with Crippen LogP contribution in [-0.2, 0) is 19.1 Å². The molecule has 0 heterocycles. The Morgan fingerprint density at radius 3 is 2.33 bits per heavy atom. The normalized spacial score (nSPS) is 9.67. The van der Waals surface area contributed by atoms with E-state index in [0.717, 1.165) is 4.90 Å². The van der Waals surface area contributed by atoms with Gasteiger partial charge in [-0.2, -0.15) is 0 Å². The van der Waals surface area contributed by atoms with Crippen LogP contribution in [0.1, 0.15) is 6.92 Å². The summed E-state index contributed by atoms with van der Waals surface area (Å²) in [7, 11) is 0. The first-order valence-corrected chi connectivity index (χ1v) is 4.33. The molecule has 7 heteroatoms. The molecule has 7 nitrogen and oxygen atoms in total. The van der Waals surface area contributed by atoms with Gasteiger partial charge in [0.15, 0.2) is 0 Å². The molecular weight excluding hydrogens is 204 g/mol. The van der Waals surface area contributed by atoms with Gasteiger partial charge in [-0.1, -0.05) is 0 Å². The molecule has 0 atom stereocenters. The maximum Gasteiger partial charge on any atom is 0.323 e. The highest BCUT2D eigenvalue weighted by molar-refractivity contribution is 5.87. The molecule has 0 aliphatic heterocycles. The molecule has 0 spiro atoms. The smallest absolute Gasteiger partial charge is 0.323 e. The molecular formula is C8H14N2O5. The number of amides is 2. The number of primary amides is 1. The van der Waals surface area contributed by atoms with Crippen LogP contribution in [0.5, 0.6) is 0 Å². The zero-order chi connectivity index (χ0) is 11.8. The summed E-state index contributed by atoms with van der Waals surface area (Å²) in [4.78, 5) is 33.1. The highest BCUT2D eigenvalue weighted by atomic mass is 16.5. The van der Waals surface area contributed by atoms with Gasteiger partial charge in [-0.15, -0.1) is 0 Å². The molecule has 86 valence electrons. The van der Waals surface area contributed by atoms with Gasteiger partial charge in [-0.05, 0) is 6.92 Å². The third-order valence-electron chi connectivity index (χ3n) is 1.46. The molecule has 0 aromatic rings. The van der Waals surface area contributed by atoms with Crippen LogP contribution < -0.4 is 5.73 Å². The highest BCUT2D eigenvalue weighted by Gasteiger charge is 2.18. The molecule has 0 saturated heterocycles. The van der Waals surface area contributed by atoms with Crippen LogP contribution in [0.4, 0.5) is 0 Å². The molecule has 0 fully saturated rings. The standard InChI is InChI=1S/C8H14N2O5/c1-2-15-5-7(12)10(3-6(9)11)4-8(13)14/h2-5H2,1H3,(H2,9,11)(H,13,14). The fraction of sp³-hybridized carbons (Fsp3) is 0.625. The van der Waals surface area contributed by atoms with Crippen molar-refractivity contribution in [2.75, 3.05) is 26.3 Å². The Kier molecular flexibility index (Phi) is 6.03. The third-order valence-corrected chi connectivity index (χ3v) is 1.46. The number of carboxylic acid groups (broad SMARTS) is 1. The maximum atomic E-state index is 11.3. The minimum atomic E-state index is -1.21. The Hall–Kier alpha value is -1.63. The number of carbonyl (C=O) groups excluding carboxylic acids is 2. The van der Waals surface area contributed by atoms with Crippen LogP contribution in [0.15, 0.2) is 0 Å². The van der Waals surface area contributed by atoms with Gasteiger partial charge in [-0.3, -0.25) is 14.4 Å². The summed E-state index contributed by atoms with van der Waals surface area (Å²) >= 11 is 0. The average Bonchev–Trinajstić information content (AvgIpc) is 2.11. The Morgan fingerprint density at radius 2 is 1.93 bits per heavy atom. The highest BCUT2D eigenvalue weighted by Crippen LogP contribution is 1.91. The van der Waals surface area contributed by atoms with E-state index in [1.165, 1.54) is 0 Å². The van der Waals surface area contributed by atoms with E-state index in [9.17, 15) is 14.4 Å². The van der Waals surface area contributed by atoms with Crippen LogP contribution in [0.2, 0.25) is 0 Å². The summed E-state index contributed by atoms with van der Waals surface area (Å²) < 4.78 is 4.80. The Labute approximate surface area is 86.8 Å². The molecule has 0 aliphatic rings. The van der Waals surface area contributed by atoms with Crippen molar-refractivity contribution >= 4 is 17.8 Å². The summed E-state index contributed by atoms with van der Waals surface area (Å²) in [6.07, 6.45) is 0. The quantitative estimate of drug-likeness (QED) is 0.536. The van der Waals surface area contributed by atoms with E-state index >= 15 is 0 Å². The van der Waals surface area contributed by atoms with Crippen LogP contribution >= 0.6 is 0 Å². The molecule has 0 aliphatic carbocycles. The second-order valence-corrected chi connectivity index (χ2v) is 2.75. The Balaban J connectivity index is 4.26. The molecule has 15 heavy (non-hydrogen) atoms. The molecule has 2 amide bonds. The number of aliphatic carboxylic acids is 1. The molecule has 0 unspecified atom stereocenters. The van der Waals surface area contributed by atoms with Crippen molar-refractivity contribution in [3.05, 3.63) is 0 Å². The maximum absolute atomic E-state index is 11.3. The zero-order valence-corrected chi connectivity index (χ0v) is 8.43. The fourth-order valence-corrected chi connectivity index (χ4v) is 0.864. The third kappa shape index (κ3) is 6.44. The Bertz CT molecular complexity index is 237. The van der Waals surface area contributed by atoms with Gasteiger partial charge in [0.05, 0.1) is 0 Å². The van der Waals surface area contributed by atoms with Gasteiger partial charge in [0.1, 0.15) is 19.7 Å². The molecule has 0 aromatic heterocycles. The summed E-state index contributed by atoms with van der Waals surface area (Å²) in [6.45, 7) is 0.802. The predicted octanol–water partition coefficient (Wildman–Crippen LogP) is -1.58. The van der Waals surface area contributed by atoms with Crippen LogP contribution in [0.25, 0.3) is 0 Å². The van der Waals surface area contributed by atoms with E-state index in [-0.39, 0.29) is 6.61 Å². The SMILES string of the molecule is CCOCC(=O)N(CC(N)=O)CC(=O)O. The van der Waals surface area contributed by atoms with E-state index in [2.05, 4.69) is 0 Å². The van der Waals surface area contributed by atoms with Gasteiger partial charge in [-0.25, -0.2) is 0 Å². The van der Waals surface area contributed by atoms with Crippen molar-refractivity contribution in [2.45, 2.75) is 6.92 Å². The lowest BCUT2D eigenvalue weighted by atomic mass is 10.4. The van der Waals surface area contributed by atoms with Gasteiger partial charge in [0.2, 0.25) is 11.8 Å². The Morgan fingerprint density at radius 1 is 1.33 bits per heavy atom. The van der Waals surface area contributed by atoms with Crippen LogP contribution in [-0.4, -0.2) is 54.1 Å². The number of carbonyl (C=O) groups is 3. The van der Waals surface area contributed by atoms with E-state index < -0.39 is 30.9 Å². The summed E-state index contributed by atoms with van der Waals surface area (Å²) in [5.74, 6) is -2.54. The number of hydrogen-bond donors (Lipinski definition) is 2. The molecule has 0 radical (unpaired) electrons. The lowest BCUT2D eigenvalue weighted by Gasteiger charge is -2.18. The largest absolute Gasteiger partial charge is 0.480 e. The summed E-state index contributed by atoms with van der Waals surface area (Å²) in [5, 5.41) is 8.48.